The van der Waals surface area contributed by atoms with Crippen molar-refractivity contribution in [2.75, 3.05) is 34.0 Å². The fourth-order valence-electron chi connectivity index (χ4n) is 3.21. The number of morpholine rings is 1. The summed E-state index contributed by atoms with van der Waals surface area (Å²) in [5.41, 5.74) is 0.190. The molecular formula is C21H22N2O8. The highest BCUT2D eigenvalue weighted by molar-refractivity contribution is 6.01. The Hall–Kier alpha value is -3.66. The molecule has 1 saturated heterocycles. The number of methoxy groups -OCH3 is 2. The van der Waals surface area contributed by atoms with Gasteiger partial charge in [0, 0.05) is 12.6 Å². The number of hydrogen-bond donors (Lipinski definition) is 0. The first-order chi connectivity index (χ1) is 15.0. The van der Waals surface area contributed by atoms with Crippen molar-refractivity contribution in [3.63, 3.8) is 0 Å². The van der Waals surface area contributed by atoms with Crippen molar-refractivity contribution in [1.82, 2.24) is 4.90 Å². The number of nitro benzene ring substituents is 1. The summed E-state index contributed by atoms with van der Waals surface area (Å²) in [6.45, 7) is 0.393. The molecule has 2 aromatic rings. The fraction of sp³-hybridized carbons (Fsp3) is 0.333. The number of carbonyl (C=O) groups excluding carboxylic acids is 2. The summed E-state index contributed by atoms with van der Waals surface area (Å²) in [4.78, 5) is 37.5. The van der Waals surface area contributed by atoms with E-state index in [1.807, 2.05) is 30.3 Å². The van der Waals surface area contributed by atoms with E-state index in [-0.39, 0.29) is 43.4 Å². The first kappa shape index (κ1) is 22.0. The minimum absolute atomic E-state index is 0.0540. The highest BCUT2D eigenvalue weighted by atomic mass is 16.6. The lowest BCUT2D eigenvalue weighted by Crippen LogP contribution is -2.53. The Balaban J connectivity index is 1.94. The minimum atomic E-state index is -0.995. The molecule has 10 heteroatoms. The molecule has 0 unspecified atom stereocenters. The van der Waals surface area contributed by atoms with Crippen LogP contribution in [-0.2, 0) is 20.9 Å². The number of hydrogen-bond acceptors (Lipinski definition) is 8. The zero-order chi connectivity index (χ0) is 22.4. The number of rotatable bonds is 7. The van der Waals surface area contributed by atoms with Crippen molar-refractivity contribution in [3.05, 3.63) is 63.7 Å². The van der Waals surface area contributed by atoms with Gasteiger partial charge in [-0.05, 0) is 5.56 Å². The summed E-state index contributed by atoms with van der Waals surface area (Å²) in [5.74, 6) is -1.07. The van der Waals surface area contributed by atoms with E-state index in [2.05, 4.69) is 0 Å². The number of ether oxygens (including phenoxy) is 4. The van der Waals surface area contributed by atoms with E-state index >= 15 is 0 Å². The predicted octanol–water partition coefficient (Wildman–Crippen LogP) is 2.20. The molecule has 1 fully saturated rings. The van der Waals surface area contributed by atoms with Gasteiger partial charge in [-0.3, -0.25) is 14.9 Å². The van der Waals surface area contributed by atoms with E-state index in [9.17, 15) is 19.7 Å². The molecule has 0 saturated carbocycles. The molecule has 0 radical (unpaired) electrons. The molecule has 1 amide bonds. The maximum atomic E-state index is 13.2. The summed E-state index contributed by atoms with van der Waals surface area (Å²) >= 11 is 0. The Labute approximate surface area is 178 Å². The molecule has 0 bridgehead atoms. The molecule has 1 heterocycles. The molecule has 1 atom stereocenters. The number of nitro groups is 1. The van der Waals surface area contributed by atoms with Gasteiger partial charge in [-0.2, -0.15) is 0 Å². The third-order valence-corrected chi connectivity index (χ3v) is 4.81. The van der Waals surface area contributed by atoms with Gasteiger partial charge in [0.05, 0.1) is 38.4 Å². The quantitative estimate of drug-likeness (QED) is 0.373. The Kier molecular flexibility index (Phi) is 7.03. The van der Waals surface area contributed by atoms with Crippen molar-refractivity contribution in [3.8, 4) is 11.5 Å². The normalized spacial score (nSPS) is 15.8. The lowest BCUT2D eigenvalue weighted by atomic mass is 10.1. The average molecular weight is 430 g/mol. The van der Waals surface area contributed by atoms with Gasteiger partial charge in [0.1, 0.15) is 12.2 Å². The summed E-state index contributed by atoms with van der Waals surface area (Å²) in [5, 5.41) is 11.7. The topological polar surface area (TPSA) is 117 Å². The van der Waals surface area contributed by atoms with Crippen LogP contribution in [0.25, 0.3) is 0 Å². The van der Waals surface area contributed by atoms with Crippen LogP contribution in [0.2, 0.25) is 0 Å². The van der Waals surface area contributed by atoms with Crippen LogP contribution in [0.4, 0.5) is 5.69 Å². The van der Waals surface area contributed by atoms with Crippen LogP contribution in [0.15, 0.2) is 42.5 Å². The molecule has 0 aromatic heterocycles. The molecule has 1 aliphatic heterocycles. The van der Waals surface area contributed by atoms with E-state index in [1.54, 1.807) is 0 Å². The standard InChI is InChI=1S/C21H22N2O8/c1-28-18-10-15(20(24)22-8-9-30-13-17(22)21(25)29-2)16(23(26)27)11-19(18)31-12-14-6-4-3-5-7-14/h3-7,10-11,17H,8-9,12-13H2,1-2H3/t17-/m0/s1. The molecule has 0 aliphatic carbocycles. The van der Waals surface area contributed by atoms with Crippen LogP contribution in [0.3, 0.4) is 0 Å². The number of amides is 1. The molecule has 1 aliphatic rings. The van der Waals surface area contributed by atoms with Gasteiger partial charge in [0.15, 0.2) is 17.5 Å². The van der Waals surface area contributed by atoms with E-state index in [0.717, 1.165) is 11.6 Å². The van der Waals surface area contributed by atoms with E-state index < -0.39 is 28.5 Å². The van der Waals surface area contributed by atoms with Crippen molar-refractivity contribution >= 4 is 17.6 Å². The van der Waals surface area contributed by atoms with Gasteiger partial charge in [0.2, 0.25) is 0 Å². The zero-order valence-corrected chi connectivity index (χ0v) is 17.1. The van der Waals surface area contributed by atoms with Gasteiger partial charge >= 0.3 is 5.97 Å². The highest BCUT2D eigenvalue weighted by Crippen LogP contribution is 2.36. The molecule has 2 aromatic carbocycles. The second kappa shape index (κ2) is 9.90. The minimum Gasteiger partial charge on any atom is -0.493 e. The van der Waals surface area contributed by atoms with E-state index in [0.29, 0.717) is 0 Å². The fourth-order valence-corrected chi connectivity index (χ4v) is 3.21. The van der Waals surface area contributed by atoms with Gasteiger partial charge in [-0.15, -0.1) is 0 Å². The van der Waals surface area contributed by atoms with Crippen molar-refractivity contribution in [2.24, 2.45) is 0 Å². The van der Waals surface area contributed by atoms with Crippen molar-refractivity contribution in [1.29, 1.82) is 0 Å². The smallest absolute Gasteiger partial charge is 0.331 e. The SMILES string of the molecule is COC(=O)[C@@H]1COCCN1C(=O)c1cc(OC)c(OCc2ccccc2)cc1[N+](=O)[O-]. The first-order valence-electron chi connectivity index (χ1n) is 9.46. The Morgan fingerprint density at radius 1 is 1.19 bits per heavy atom. The van der Waals surface area contributed by atoms with Gasteiger partial charge < -0.3 is 23.8 Å². The second-order valence-corrected chi connectivity index (χ2v) is 6.66. The van der Waals surface area contributed by atoms with Gasteiger partial charge in [-0.25, -0.2) is 4.79 Å². The number of benzene rings is 2. The molecule has 0 spiro atoms. The third-order valence-electron chi connectivity index (χ3n) is 4.81. The van der Waals surface area contributed by atoms with Crippen LogP contribution >= 0.6 is 0 Å². The van der Waals surface area contributed by atoms with Crippen molar-refractivity contribution < 1.29 is 33.5 Å². The van der Waals surface area contributed by atoms with Crippen LogP contribution in [-0.4, -0.2) is 61.7 Å². The summed E-state index contributed by atoms with van der Waals surface area (Å²) in [6.07, 6.45) is 0. The number of carbonyl (C=O) groups is 2. The molecule has 10 nitrogen and oxygen atoms in total. The monoisotopic (exact) mass is 430 g/mol. The van der Waals surface area contributed by atoms with Crippen molar-refractivity contribution in [2.45, 2.75) is 12.6 Å². The summed E-state index contributed by atoms with van der Waals surface area (Å²) < 4.78 is 21.0. The van der Waals surface area contributed by atoms with Crippen LogP contribution < -0.4 is 9.47 Å². The number of esters is 1. The molecule has 0 N–H and O–H groups in total. The van der Waals surface area contributed by atoms with Gasteiger partial charge in [0.25, 0.3) is 11.6 Å². The van der Waals surface area contributed by atoms with Crippen LogP contribution in [0.5, 0.6) is 11.5 Å². The molecular weight excluding hydrogens is 408 g/mol. The number of nitrogens with zero attached hydrogens (tertiary/aromatic N) is 2. The average Bonchev–Trinajstić information content (AvgIpc) is 2.81. The first-order valence-corrected chi connectivity index (χ1v) is 9.46. The third kappa shape index (κ3) is 4.92. The molecule has 31 heavy (non-hydrogen) atoms. The Morgan fingerprint density at radius 3 is 2.58 bits per heavy atom. The van der Waals surface area contributed by atoms with E-state index in [4.69, 9.17) is 18.9 Å². The summed E-state index contributed by atoms with van der Waals surface area (Å²) in [6, 6.07) is 10.7. The molecule has 3 rings (SSSR count). The van der Waals surface area contributed by atoms with Crippen LogP contribution in [0, 0.1) is 10.1 Å². The largest absolute Gasteiger partial charge is 0.493 e. The highest BCUT2D eigenvalue weighted by Gasteiger charge is 2.37. The molecule has 164 valence electrons. The maximum Gasteiger partial charge on any atom is 0.331 e. The van der Waals surface area contributed by atoms with Gasteiger partial charge in [-0.1, -0.05) is 30.3 Å². The lowest BCUT2D eigenvalue weighted by molar-refractivity contribution is -0.385. The maximum absolute atomic E-state index is 13.2. The second-order valence-electron chi connectivity index (χ2n) is 6.66. The van der Waals surface area contributed by atoms with Crippen LogP contribution in [0.1, 0.15) is 15.9 Å². The van der Waals surface area contributed by atoms with E-state index in [1.165, 1.54) is 25.2 Å². The lowest BCUT2D eigenvalue weighted by Gasteiger charge is -2.33. The Bertz CT molecular complexity index is 963. The Morgan fingerprint density at radius 2 is 1.94 bits per heavy atom. The summed E-state index contributed by atoms with van der Waals surface area (Å²) in [7, 11) is 2.57. The predicted molar refractivity (Wildman–Crippen MR) is 108 cm³/mol. The zero-order valence-electron chi connectivity index (χ0n) is 17.1.